The third-order valence-electron chi connectivity index (χ3n) is 3.38. The van der Waals surface area contributed by atoms with Gasteiger partial charge in [0.2, 0.25) is 0 Å². The number of hydrogen-bond acceptors (Lipinski definition) is 6. The first-order valence-corrected chi connectivity index (χ1v) is 7.93. The molecule has 112 valence electrons. The molecule has 0 radical (unpaired) electrons. The molecule has 0 aliphatic carbocycles. The molecular formula is C11H11F2N5O2S. The minimum atomic E-state index is -3.13. The molecule has 0 spiro atoms. The van der Waals surface area contributed by atoms with Crippen molar-refractivity contribution in [1.82, 2.24) is 20.2 Å². The lowest BCUT2D eigenvalue weighted by atomic mass is 10.1. The molecule has 2 heterocycles. The van der Waals surface area contributed by atoms with E-state index >= 15 is 0 Å². The van der Waals surface area contributed by atoms with Gasteiger partial charge in [0.25, 0.3) is 0 Å². The minimum absolute atomic E-state index is 0.0224. The molecule has 1 aliphatic rings. The van der Waals surface area contributed by atoms with Crippen molar-refractivity contribution in [3.63, 3.8) is 0 Å². The van der Waals surface area contributed by atoms with Gasteiger partial charge in [0, 0.05) is 17.3 Å². The lowest BCUT2D eigenvalue weighted by Gasteiger charge is -2.11. The molecule has 1 aromatic heterocycles. The number of aromatic nitrogens is 4. The number of halogens is 2. The van der Waals surface area contributed by atoms with E-state index in [0.717, 1.165) is 12.1 Å². The van der Waals surface area contributed by atoms with Gasteiger partial charge in [-0.2, -0.15) is 0 Å². The number of sulfone groups is 1. The van der Waals surface area contributed by atoms with Gasteiger partial charge in [0.15, 0.2) is 27.3 Å². The molecule has 0 bridgehead atoms. The topological polar surface area (TPSA) is 104 Å². The van der Waals surface area contributed by atoms with Gasteiger partial charge in [-0.05, 0) is 22.9 Å². The largest absolute Gasteiger partial charge is 0.398 e. The summed E-state index contributed by atoms with van der Waals surface area (Å²) in [6, 6.07) is 1.30. The fraction of sp³-hybridized carbons (Fsp3) is 0.364. The Labute approximate surface area is 118 Å². The average molecular weight is 315 g/mol. The Hall–Kier alpha value is -2.10. The second kappa shape index (κ2) is 4.72. The van der Waals surface area contributed by atoms with E-state index in [2.05, 4.69) is 15.5 Å². The quantitative estimate of drug-likeness (QED) is 0.812. The predicted octanol–water partition coefficient (Wildman–Crippen LogP) is 0.560. The van der Waals surface area contributed by atoms with E-state index in [1.54, 1.807) is 0 Å². The van der Waals surface area contributed by atoms with Gasteiger partial charge in [-0.1, -0.05) is 0 Å². The predicted molar refractivity (Wildman–Crippen MR) is 69.9 cm³/mol. The molecular weight excluding hydrogens is 304 g/mol. The highest BCUT2D eigenvalue weighted by atomic mass is 32.2. The van der Waals surface area contributed by atoms with Crippen molar-refractivity contribution in [3.05, 3.63) is 23.8 Å². The molecule has 3 rings (SSSR count). The van der Waals surface area contributed by atoms with Gasteiger partial charge in [0.1, 0.15) is 0 Å². The molecule has 1 saturated heterocycles. The number of benzene rings is 1. The van der Waals surface area contributed by atoms with E-state index < -0.39 is 27.5 Å². The van der Waals surface area contributed by atoms with Crippen molar-refractivity contribution >= 4 is 15.5 Å². The van der Waals surface area contributed by atoms with E-state index in [-0.39, 0.29) is 28.6 Å². The summed E-state index contributed by atoms with van der Waals surface area (Å²) in [6.45, 7) is 0. The van der Waals surface area contributed by atoms with Crippen LogP contribution in [-0.2, 0) is 9.84 Å². The van der Waals surface area contributed by atoms with E-state index in [9.17, 15) is 17.2 Å². The number of tetrazole rings is 1. The minimum Gasteiger partial charge on any atom is -0.398 e. The van der Waals surface area contributed by atoms with E-state index in [0.29, 0.717) is 6.42 Å². The Balaban J connectivity index is 2.06. The Bertz CT molecular complexity index is 805. The summed E-state index contributed by atoms with van der Waals surface area (Å²) in [7, 11) is -3.13. The van der Waals surface area contributed by atoms with Crippen LogP contribution in [0.25, 0.3) is 11.4 Å². The highest BCUT2D eigenvalue weighted by Gasteiger charge is 2.32. The van der Waals surface area contributed by atoms with Crippen LogP contribution >= 0.6 is 0 Å². The summed E-state index contributed by atoms with van der Waals surface area (Å²) >= 11 is 0. The molecule has 21 heavy (non-hydrogen) atoms. The van der Waals surface area contributed by atoms with Gasteiger partial charge >= 0.3 is 0 Å². The maximum Gasteiger partial charge on any atom is 0.184 e. The first kappa shape index (κ1) is 13.9. The zero-order valence-electron chi connectivity index (χ0n) is 10.7. The van der Waals surface area contributed by atoms with Crippen molar-refractivity contribution < 1.29 is 17.2 Å². The van der Waals surface area contributed by atoms with Crippen LogP contribution in [0.2, 0.25) is 0 Å². The van der Waals surface area contributed by atoms with Crippen molar-refractivity contribution in [2.24, 2.45) is 0 Å². The van der Waals surface area contributed by atoms with E-state index in [1.165, 1.54) is 4.68 Å². The number of hydrogen-bond donors (Lipinski definition) is 1. The Kier molecular flexibility index (Phi) is 3.12. The summed E-state index contributed by atoms with van der Waals surface area (Å²) in [6.07, 6.45) is 0.365. The second-order valence-electron chi connectivity index (χ2n) is 4.86. The summed E-state index contributed by atoms with van der Waals surface area (Å²) < 4.78 is 50.9. The van der Waals surface area contributed by atoms with Crippen LogP contribution in [-0.4, -0.2) is 40.1 Å². The SMILES string of the molecule is Nc1cc(F)c(F)cc1-c1nnnn1C1CCS(=O)(=O)C1. The Morgan fingerprint density at radius 3 is 2.67 bits per heavy atom. The summed E-state index contributed by atoms with van der Waals surface area (Å²) in [5.74, 6) is -2.07. The van der Waals surface area contributed by atoms with Gasteiger partial charge in [-0.25, -0.2) is 21.9 Å². The third-order valence-corrected chi connectivity index (χ3v) is 5.13. The molecule has 2 N–H and O–H groups in total. The zero-order valence-corrected chi connectivity index (χ0v) is 11.5. The van der Waals surface area contributed by atoms with Gasteiger partial charge in [-0.15, -0.1) is 5.10 Å². The molecule has 1 atom stereocenters. The fourth-order valence-corrected chi connectivity index (χ4v) is 4.03. The lowest BCUT2D eigenvalue weighted by molar-refractivity contribution is 0.488. The molecule has 1 aromatic carbocycles. The second-order valence-corrected chi connectivity index (χ2v) is 7.09. The number of anilines is 1. The first-order chi connectivity index (χ1) is 9.87. The molecule has 2 aromatic rings. The smallest absolute Gasteiger partial charge is 0.184 e. The lowest BCUT2D eigenvalue weighted by Crippen LogP contribution is -2.14. The van der Waals surface area contributed by atoms with Crippen LogP contribution < -0.4 is 5.73 Å². The molecule has 0 saturated carbocycles. The van der Waals surface area contributed by atoms with Crippen LogP contribution in [0.15, 0.2) is 12.1 Å². The highest BCUT2D eigenvalue weighted by Crippen LogP contribution is 2.30. The molecule has 1 fully saturated rings. The number of nitrogens with two attached hydrogens (primary N) is 1. The van der Waals surface area contributed by atoms with Gasteiger partial charge in [-0.3, -0.25) is 0 Å². The Morgan fingerprint density at radius 2 is 2.00 bits per heavy atom. The monoisotopic (exact) mass is 315 g/mol. The highest BCUT2D eigenvalue weighted by molar-refractivity contribution is 7.91. The molecule has 1 aliphatic heterocycles. The maximum absolute atomic E-state index is 13.4. The first-order valence-electron chi connectivity index (χ1n) is 6.10. The molecule has 10 heteroatoms. The summed E-state index contributed by atoms with van der Waals surface area (Å²) in [5.41, 5.74) is 5.77. The van der Waals surface area contributed by atoms with Crippen molar-refractivity contribution in [2.75, 3.05) is 17.2 Å². The van der Waals surface area contributed by atoms with Crippen LogP contribution in [0.3, 0.4) is 0 Å². The van der Waals surface area contributed by atoms with Crippen LogP contribution in [0.1, 0.15) is 12.5 Å². The fourth-order valence-electron chi connectivity index (χ4n) is 2.34. The van der Waals surface area contributed by atoms with Crippen LogP contribution in [0.4, 0.5) is 14.5 Å². The van der Waals surface area contributed by atoms with E-state index in [1.807, 2.05) is 0 Å². The van der Waals surface area contributed by atoms with E-state index in [4.69, 9.17) is 5.73 Å². The maximum atomic E-state index is 13.4. The van der Waals surface area contributed by atoms with Crippen molar-refractivity contribution in [1.29, 1.82) is 0 Å². The third kappa shape index (κ3) is 2.46. The standard InChI is InChI=1S/C11H11F2N5O2S/c12-8-3-7(10(14)4-9(8)13)11-15-16-17-18(11)6-1-2-21(19,20)5-6/h3-4,6H,1-2,5,14H2. The molecule has 0 amide bonds. The zero-order chi connectivity index (χ0) is 15.2. The van der Waals surface area contributed by atoms with Crippen molar-refractivity contribution in [2.45, 2.75) is 12.5 Å². The number of rotatable bonds is 2. The van der Waals surface area contributed by atoms with Crippen LogP contribution in [0.5, 0.6) is 0 Å². The molecule has 7 nitrogen and oxygen atoms in total. The summed E-state index contributed by atoms with van der Waals surface area (Å²) in [5, 5.41) is 11.0. The Morgan fingerprint density at radius 1 is 1.29 bits per heavy atom. The van der Waals surface area contributed by atoms with Crippen molar-refractivity contribution in [3.8, 4) is 11.4 Å². The number of nitrogen functional groups attached to an aromatic ring is 1. The number of nitrogens with zero attached hydrogens (tertiary/aromatic N) is 4. The van der Waals surface area contributed by atoms with Crippen LogP contribution in [0, 0.1) is 11.6 Å². The molecule has 1 unspecified atom stereocenters. The normalized spacial score (nSPS) is 20.8. The average Bonchev–Trinajstić information content (AvgIpc) is 3.00. The van der Waals surface area contributed by atoms with Gasteiger partial charge < -0.3 is 5.73 Å². The van der Waals surface area contributed by atoms with Gasteiger partial charge in [0.05, 0.1) is 17.5 Å². The summed E-state index contributed by atoms with van der Waals surface area (Å²) in [4.78, 5) is 0.